The lowest BCUT2D eigenvalue weighted by Crippen LogP contribution is -1.95. The molecule has 0 saturated carbocycles. The molecule has 0 aliphatic rings. The molecule has 0 saturated heterocycles. The lowest BCUT2D eigenvalue weighted by atomic mass is 10.1. The third-order valence-corrected chi connectivity index (χ3v) is 1.81. The molecule has 0 unspecified atom stereocenters. The molecule has 3 heteroatoms. The molecule has 0 atom stereocenters. The number of hydrogen-bond donors (Lipinski definition) is 1. The van der Waals surface area contributed by atoms with Crippen molar-refractivity contribution in [1.82, 2.24) is 0 Å². The Morgan fingerprint density at radius 1 is 1.06 bits per heavy atom. The summed E-state index contributed by atoms with van der Waals surface area (Å²) in [5.74, 6) is 0.288. The minimum atomic E-state index is -0.552. The van der Waals surface area contributed by atoms with E-state index in [1.54, 1.807) is 12.1 Å². The first-order valence-corrected chi connectivity index (χ1v) is 5.15. The minimum absolute atomic E-state index is 0.0832. The Bertz CT molecular complexity index is 486. The van der Waals surface area contributed by atoms with Crippen LogP contribution in [-0.2, 0) is 0 Å². The molecule has 1 aromatic carbocycles. The van der Waals surface area contributed by atoms with E-state index in [0.29, 0.717) is 5.76 Å². The van der Waals surface area contributed by atoms with Crippen molar-refractivity contribution in [2.45, 2.75) is 13.8 Å². The van der Waals surface area contributed by atoms with Crippen LogP contribution in [0.4, 0.5) is 0 Å². The van der Waals surface area contributed by atoms with E-state index in [0.717, 1.165) is 11.6 Å². The van der Waals surface area contributed by atoms with Crippen LogP contribution in [-0.4, -0.2) is 5.11 Å². The van der Waals surface area contributed by atoms with Crippen LogP contribution < -0.4 is 5.63 Å². The fraction of sp³-hybridized carbons (Fsp3) is 0.154. The van der Waals surface area contributed by atoms with Crippen molar-refractivity contribution in [2.24, 2.45) is 0 Å². The summed E-state index contributed by atoms with van der Waals surface area (Å²) in [4.78, 5) is 11.0. The molecular weight excluding hydrogens is 204 g/mol. The molecular formula is C13H14O3. The molecule has 0 bridgehead atoms. The fourth-order valence-corrected chi connectivity index (χ4v) is 1.21. The van der Waals surface area contributed by atoms with E-state index in [2.05, 4.69) is 0 Å². The number of hydrogen-bond acceptors (Lipinski definition) is 3. The van der Waals surface area contributed by atoms with Crippen LogP contribution in [0.3, 0.4) is 0 Å². The van der Waals surface area contributed by atoms with Gasteiger partial charge >= 0.3 is 5.63 Å². The molecule has 0 radical (unpaired) electrons. The van der Waals surface area contributed by atoms with Crippen molar-refractivity contribution in [3.8, 4) is 17.1 Å². The second kappa shape index (κ2) is 5.75. The first kappa shape index (κ1) is 12.0. The van der Waals surface area contributed by atoms with Gasteiger partial charge in [-0.1, -0.05) is 44.2 Å². The predicted octanol–water partition coefficient (Wildman–Crippen LogP) is 3.04. The van der Waals surface area contributed by atoms with Crippen LogP contribution in [0.5, 0.6) is 5.75 Å². The highest BCUT2D eigenvalue weighted by atomic mass is 16.4. The van der Waals surface area contributed by atoms with Crippen LogP contribution in [0.25, 0.3) is 11.3 Å². The molecule has 0 fully saturated rings. The van der Waals surface area contributed by atoms with E-state index < -0.39 is 5.63 Å². The summed E-state index contributed by atoms with van der Waals surface area (Å²) in [6, 6.07) is 11.6. The third-order valence-electron chi connectivity index (χ3n) is 1.81. The molecule has 84 valence electrons. The van der Waals surface area contributed by atoms with E-state index in [4.69, 9.17) is 4.42 Å². The number of benzene rings is 1. The smallest absolute Gasteiger partial charge is 0.339 e. The zero-order valence-electron chi connectivity index (χ0n) is 9.31. The molecule has 0 amide bonds. The van der Waals surface area contributed by atoms with Gasteiger partial charge in [0.15, 0.2) is 0 Å². The van der Waals surface area contributed by atoms with Gasteiger partial charge in [-0.05, 0) is 0 Å². The highest BCUT2D eigenvalue weighted by Gasteiger charge is 2.02. The maximum Gasteiger partial charge on any atom is 0.339 e. The highest BCUT2D eigenvalue weighted by molar-refractivity contribution is 5.57. The van der Waals surface area contributed by atoms with E-state index in [1.807, 2.05) is 32.0 Å². The zero-order chi connectivity index (χ0) is 12.0. The van der Waals surface area contributed by atoms with Gasteiger partial charge in [-0.3, -0.25) is 0 Å². The van der Waals surface area contributed by atoms with Gasteiger partial charge in [0, 0.05) is 11.6 Å². The SMILES string of the molecule is CC.O=c1cc(O)cc(-c2ccccc2)o1. The Balaban J connectivity index is 0.000000606. The van der Waals surface area contributed by atoms with E-state index >= 15 is 0 Å². The first-order chi connectivity index (χ1) is 7.75. The Hall–Kier alpha value is -2.03. The first-order valence-electron chi connectivity index (χ1n) is 5.15. The van der Waals surface area contributed by atoms with Crippen LogP contribution in [0.2, 0.25) is 0 Å². The van der Waals surface area contributed by atoms with Crippen molar-refractivity contribution in [2.75, 3.05) is 0 Å². The van der Waals surface area contributed by atoms with Gasteiger partial charge < -0.3 is 9.52 Å². The summed E-state index contributed by atoms with van der Waals surface area (Å²) in [6.07, 6.45) is 0. The van der Waals surface area contributed by atoms with Crippen molar-refractivity contribution in [1.29, 1.82) is 0 Å². The van der Waals surface area contributed by atoms with E-state index in [1.165, 1.54) is 6.07 Å². The van der Waals surface area contributed by atoms with Crippen LogP contribution in [0.1, 0.15) is 13.8 Å². The lowest BCUT2D eigenvalue weighted by Gasteiger charge is -1.99. The van der Waals surface area contributed by atoms with Gasteiger partial charge in [-0.25, -0.2) is 4.79 Å². The molecule has 2 aromatic rings. The Morgan fingerprint density at radius 3 is 2.25 bits per heavy atom. The maximum atomic E-state index is 11.0. The van der Waals surface area contributed by atoms with Crippen LogP contribution >= 0.6 is 0 Å². The molecule has 0 aliphatic heterocycles. The van der Waals surface area contributed by atoms with Crippen molar-refractivity contribution in [3.63, 3.8) is 0 Å². The van der Waals surface area contributed by atoms with Crippen molar-refractivity contribution < 1.29 is 9.52 Å². The monoisotopic (exact) mass is 218 g/mol. The highest BCUT2D eigenvalue weighted by Crippen LogP contribution is 2.20. The molecule has 3 nitrogen and oxygen atoms in total. The average Bonchev–Trinajstić information content (AvgIpc) is 2.32. The van der Waals surface area contributed by atoms with Gasteiger partial charge in [0.05, 0.1) is 6.07 Å². The van der Waals surface area contributed by atoms with Gasteiger partial charge in [0.25, 0.3) is 0 Å². The van der Waals surface area contributed by atoms with Gasteiger partial charge in [-0.15, -0.1) is 0 Å². The van der Waals surface area contributed by atoms with Crippen LogP contribution in [0.15, 0.2) is 51.7 Å². The Kier molecular flexibility index (Phi) is 4.33. The van der Waals surface area contributed by atoms with Gasteiger partial charge in [0.1, 0.15) is 11.5 Å². The van der Waals surface area contributed by atoms with Gasteiger partial charge in [0.2, 0.25) is 0 Å². The largest absolute Gasteiger partial charge is 0.508 e. The molecule has 16 heavy (non-hydrogen) atoms. The lowest BCUT2D eigenvalue weighted by molar-refractivity contribution is 0.453. The number of rotatable bonds is 1. The Labute approximate surface area is 94.0 Å². The summed E-state index contributed by atoms with van der Waals surface area (Å²) < 4.78 is 4.93. The normalized spacial score (nSPS) is 9.12. The summed E-state index contributed by atoms with van der Waals surface area (Å²) in [5, 5.41) is 9.20. The van der Waals surface area contributed by atoms with Crippen molar-refractivity contribution in [3.05, 3.63) is 52.9 Å². The molecule has 2 rings (SSSR count). The molecule has 1 aromatic heterocycles. The topological polar surface area (TPSA) is 50.4 Å². The second-order valence-electron chi connectivity index (χ2n) is 2.86. The Morgan fingerprint density at radius 2 is 1.69 bits per heavy atom. The van der Waals surface area contributed by atoms with E-state index in [-0.39, 0.29) is 5.75 Å². The minimum Gasteiger partial charge on any atom is -0.508 e. The molecule has 1 N–H and O–H groups in total. The standard InChI is InChI=1S/C11H8O3.C2H6/c12-9-6-10(14-11(13)7-9)8-4-2-1-3-5-8;1-2/h1-7,12H;1-2H3. The third kappa shape index (κ3) is 2.98. The maximum absolute atomic E-state index is 11.0. The van der Waals surface area contributed by atoms with Gasteiger partial charge in [-0.2, -0.15) is 0 Å². The average molecular weight is 218 g/mol. The summed E-state index contributed by atoms with van der Waals surface area (Å²) in [7, 11) is 0. The summed E-state index contributed by atoms with van der Waals surface area (Å²) >= 11 is 0. The quantitative estimate of drug-likeness (QED) is 0.800. The van der Waals surface area contributed by atoms with Crippen molar-refractivity contribution >= 4 is 0 Å². The molecule has 0 spiro atoms. The second-order valence-corrected chi connectivity index (χ2v) is 2.86. The zero-order valence-corrected chi connectivity index (χ0v) is 9.31. The molecule has 0 aliphatic carbocycles. The fourth-order valence-electron chi connectivity index (χ4n) is 1.21. The number of aromatic hydroxyl groups is 1. The van der Waals surface area contributed by atoms with E-state index in [9.17, 15) is 9.90 Å². The molecule has 1 heterocycles. The predicted molar refractivity (Wildman–Crippen MR) is 63.4 cm³/mol. The van der Waals surface area contributed by atoms with Crippen LogP contribution in [0, 0.1) is 0 Å². The summed E-state index contributed by atoms with van der Waals surface area (Å²) in [5.41, 5.74) is 0.212. The summed E-state index contributed by atoms with van der Waals surface area (Å²) in [6.45, 7) is 4.00.